The van der Waals surface area contributed by atoms with Gasteiger partial charge in [-0.25, -0.2) is 0 Å². The minimum atomic E-state index is -5.36. The van der Waals surface area contributed by atoms with Gasteiger partial charge in [0.05, 0.1) is 5.56 Å². The molecule has 134 valence electrons. The molecule has 0 aliphatic carbocycles. The van der Waals surface area contributed by atoms with Crippen molar-refractivity contribution < 1.29 is 35.9 Å². The number of Topliss-reactive ketones (excluding diaryl/α,β-unsaturated/α-hetero) is 1. The Hall–Kier alpha value is -2.51. The summed E-state index contributed by atoms with van der Waals surface area (Å²) in [5.41, 5.74) is -4.59. The maximum absolute atomic E-state index is 13.3. The van der Waals surface area contributed by atoms with Crippen molar-refractivity contribution in [3.63, 3.8) is 0 Å². The fraction of sp³-hybridized carbons (Fsp3) is 0.235. The predicted octanol–water partition coefficient (Wildman–Crippen LogP) is 5.51. The molecule has 0 atom stereocenters. The first kappa shape index (κ1) is 18.8. The number of alkyl halides is 6. The van der Waals surface area contributed by atoms with E-state index in [-0.39, 0.29) is 6.61 Å². The first-order chi connectivity index (χ1) is 11.5. The van der Waals surface area contributed by atoms with Crippen molar-refractivity contribution in [2.75, 3.05) is 0 Å². The Labute approximate surface area is 139 Å². The Morgan fingerprint density at radius 2 is 1.44 bits per heavy atom. The lowest BCUT2D eigenvalue weighted by Crippen LogP contribution is -2.21. The second-order valence-corrected chi connectivity index (χ2v) is 5.19. The summed E-state index contributed by atoms with van der Waals surface area (Å²) >= 11 is 0. The molecule has 0 aliphatic rings. The van der Waals surface area contributed by atoms with E-state index < -0.39 is 40.6 Å². The summed E-state index contributed by atoms with van der Waals surface area (Å²) < 4.78 is 84.6. The first-order valence-electron chi connectivity index (χ1n) is 7.01. The Bertz CT molecular complexity index is 763. The summed E-state index contributed by atoms with van der Waals surface area (Å²) in [4.78, 5) is 11.4. The molecule has 0 saturated carbocycles. The molecule has 0 spiro atoms. The van der Waals surface area contributed by atoms with Gasteiger partial charge in [-0.3, -0.25) is 4.79 Å². The van der Waals surface area contributed by atoms with Crippen LogP contribution in [-0.4, -0.2) is 5.78 Å². The van der Waals surface area contributed by atoms with E-state index in [2.05, 4.69) is 0 Å². The van der Waals surface area contributed by atoms with Gasteiger partial charge in [0.25, 0.3) is 0 Å². The van der Waals surface area contributed by atoms with E-state index in [1.807, 2.05) is 0 Å². The van der Waals surface area contributed by atoms with E-state index in [0.29, 0.717) is 11.6 Å². The molecule has 8 heteroatoms. The van der Waals surface area contributed by atoms with Crippen molar-refractivity contribution in [2.45, 2.75) is 25.9 Å². The van der Waals surface area contributed by atoms with Gasteiger partial charge >= 0.3 is 12.4 Å². The van der Waals surface area contributed by atoms with Gasteiger partial charge in [-0.05, 0) is 24.6 Å². The van der Waals surface area contributed by atoms with Crippen LogP contribution in [0.25, 0.3) is 0 Å². The van der Waals surface area contributed by atoms with E-state index in [1.54, 1.807) is 30.3 Å². The Morgan fingerprint density at radius 1 is 0.880 bits per heavy atom. The highest BCUT2D eigenvalue weighted by Gasteiger charge is 2.48. The molecule has 0 aliphatic heterocycles. The van der Waals surface area contributed by atoms with Crippen molar-refractivity contribution in [3.8, 4) is 5.75 Å². The molecular formula is C17H12F6O2. The second-order valence-electron chi connectivity index (χ2n) is 5.19. The molecule has 2 rings (SSSR count). The third kappa shape index (κ3) is 4.32. The minimum Gasteiger partial charge on any atom is -0.488 e. The summed E-state index contributed by atoms with van der Waals surface area (Å²) in [7, 11) is 0. The first-order valence-corrected chi connectivity index (χ1v) is 7.01. The zero-order chi connectivity index (χ0) is 18.8. The standard InChI is InChI=1S/C17H12F6O2/c1-10(24)12-7-8-13(25-9-11-5-3-2-4-6-11)15(17(21,22)23)14(12)16(18,19)20/h2-8H,9H2,1H3. The van der Waals surface area contributed by atoms with Crippen LogP contribution in [0.1, 0.15) is 34.0 Å². The Balaban J connectivity index is 2.58. The third-order valence-electron chi connectivity index (χ3n) is 3.35. The lowest BCUT2D eigenvalue weighted by Gasteiger charge is -2.21. The van der Waals surface area contributed by atoms with Gasteiger partial charge in [-0.1, -0.05) is 30.3 Å². The molecule has 0 radical (unpaired) electrons. The molecule has 0 heterocycles. The number of carbonyl (C=O) groups is 1. The van der Waals surface area contributed by atoms with Crippen molar-refractivity contribution in [1.29, 1.82) is 0 Å². The average molecular weight is 362 g/mol. The molecule has 25 heavy (non-hydrogen) atoms. The van der Waals surface area contributed by atoms with Crippen LogP contribution in [0.15, 0.2) is 42.5 Å². The van der Waals surface area contributed by atoms with E-state index in [0.717, 1.165) is 13.0 Å². The van der Waals surface area contributed by atoms with Crippen molar-refractivity contribution >= 4 is 5.78 Å². The van der Waals surface area contributed by atoms with E-state index in [1.165, 1.54) is 0 Å². The summed E-state index contributed by atoms with van der Waals surface area (Å²) in [5.74, 6) is -2.10. The molecule has 0 saturated heterocycles. The number of rotatable bonds is 4. The van der Waals surface area contributed by atoms with Gasteiger partial charge in [0.1, 0.15) is 17.9 Å². The molecule has 2 aromatic rings. The van der Waals surface area contributed by atoms with Crippen LogP contribution >= 0.6 is 0 Å². The van der Waals surface area contributed by atoms with Crippen LogP contribution in [0, 0.1) is 0 Å². The number of ether oxygens (including phenoxy) is 1. The zero-order valence-electron chi connectivity index (χ0n) is 12.8. The highest BCUT2D eigenvalue weighted by Crippen LogP contribution is 2.46. The fourth-order valence-electron chi connectivity index (χ4n) is 2.31. The van der Waals surface area contributed by atoms with Crippen molar-refractivity contribution in [3.05, 3.63) is 64.7 Å². The highest BCUT2D eigenvalue weighted by atomic mass is 19.4. The van der Waals surface area contributed by atoms with Crippen LogP contribution in [0.2, 0.25) is 0 Å². The van der Waals surface area contributed by atoms with Crippen LogP contribution < -0.4 is 4.74 Å². The number of carbonyl (C=O) groups excluding carboxylic acids is 1. The van der Waals surface area contributed by atoms with Crippen LogP contribution in [0.4, 0.5) is 26.3 Å². The normalized spacial score (nSPS) is 12.1. The second kappa shape index (κ2) is 6.78. The number of halogens is 6. The predicted molar refractivity (Wildman–Crippen MR) is 77.2 cm³/mol. The summed E-state index contributed by atoms with van der Waals surface area (Å²) in [6.45, 7) is 0.426. The van der Waals surface area contributed by atoms with Crippen LogP contribution in [0.5, 0.6) is 5.75 Å². The van der Waals surface area contributed by atoms with Gasteiger partial charge in [0.15, 0.2) is 5.78 Å². The molecule has 0 aromatic heterocycles. The van der Waals surface area contributed by atoms with Gasteiger partial charge in [0.2, 0.25) is 0 Å². The van der Waals surface area contributed by atoms with E-state index in [4.69, 9.17) is 4.74 Å². The maximum atomic E-state index is 13.3. The van der Waals surface area contributed by atoms with E-state index in [9.17, 15) is 31.1 Å². The van der Waals surface area contributed by atoms with Gasteiger partial charge in [0, 0.05) is 5.56 Å². The largest absolute Gasteiger partial charge is 0.488 e. The smallest absolute Gasteiger partial charge is 0.420 e. The molecule has 2 nitrogen and oxygen atoms in total. The Kier molecular flexibility index (Phi) is 5.10. The lowest BCUT2D eigenvalue weighted by atomic mass is 9.96. The monoisotopic (exact) mass is 362 g/mol. The summed E-state index contributed by atoms with van der Waals surface area (Å²) in [5, 5.41) is 0. The number of benzene rings is 2. The van der Waals surface area contributed by atoms with Crippen molar-refractivity contribution in [2.24, 2.45) is 0 Å². The molecule has 2 aromatic carbocycles. The molecule has 0 bridgehead atoms. The van der Waals surface area contributed by atoms with Gasteiger partial charge in [-0.15, -0.1) is 0 Å². The molecule has 0 fully saturated rings. The summed E-state index contributed by atoms with van der Waals surface area (Å²) in [6, 6.07) is 9.45. The van der Waals surface area contributed by atoms with Crippen LogP contribution in [0.3, 0.4) is 0 Å². The number of hydrogen-bond acceptors (Lipinski definition) is 2. The maximum Gasteiger partial charge on any atom is 0.420 e. The molecular weight excluding hydrogens is 350 g/mol. The lowest BCUT2D eigenvalue weighted by molar-refractivity contribution is -0.163. The average Bonchev–Trinajstić information content (AvgIpc) is 2.51. The zero-order valence-corrected chi connectivity index (χ0v) is 12.8. The molecule has 0 amide bonds. The SMILES string of the molecule is CC(=O)c1ccc(OCc2ccccc2)c(C(F)(F)F)c1C(F)(F)F. The van der Waals surface area contributed by atoms with Gasteiger partial charge in [-0.2, -0.15) is 26.3 Å². The Morgan fingerprint density at radius 3 is 1.92 bits per heavy atom. The number of hydrogen-bond donors (Lipinski definition) is 0. The highest BCUT2D eigenvalue weighted by molar-refractivity contribution is 5.96. The molecule has 0 unspecified atom stereocenters. The minimum absolute atomic E-state index is 0.347. The molecule has 0 N–H and O–H groups in total. The third-order valence-corrected chi connectivity index (χ3v) is 3.35. The number of ketones is 1. The van der Waals surface area contributed by atoms with Crippen molar-refractivity contribution in [1.82, 2.24) is 0 Å². The van der Waals surface area contributed by atoms with Crippen LogP contribution in [-0.2, 0) is 19.0 Å². The summed E-state index contributed by atoms with van der Waals surface area (Å²) in [6.07, 6.45) is -10.7. The van der Waals surface area contributed by atoms with E-state index >= 15 is 0 Å². The van der Waals surface area contributed by atoms with Gasteiger partial charge < -0.3 is 4.74 Å². The quantitative estimate of drug-likeness (QED) is 0.530. The fourth-order valence-corrected chi connectivity index (χ4v) is 2.31. The topological polar surface area (TPSA) is 26.3 Å².